The van der Waals surface area contributed by atoms with Crippen molar-refractivity contribution in [1.29, 1.82) is 0 Å². The normalized spacial score (nSPS) is 34.1. The summed E-state index contributed by atoms with van der Waals surface area (Å²) >= 11 is 0. The van der Waals surface area contributed by atoms with Crippen LogP contribution in [0.1, 0.15) is 30.4 Å². The molecule has 28 heavy (non-hydrogen) atoms. The van der Waals surface area contributed by atoms with Gasteiger partial charge in [0.2, 0.25) is 0 Å². The number of fused-ring (bicyclic) bond motifs is 4. The molecule has 4 atom stereocenters. The first-order valence-electron chi connectivity index (χ1n) is 10.1. The molecule has 3 fully saturated rings. The quantitative estimate of drug-likeness (QED) is 0.700. The smallest absolute Gasteiger partial charge is 0.189 e. The minimum absolute atomic E-state index is 0.161. The third kappa shape index (κ3) is 1.67. The monoisotopic (exact) mass is 380 g/mol. The van der Waals surface area contributed by atoms with Crippen molar-refractivity contribution in [1.82, 2.24) is 0 Å². The van der Waals surface area contributed by atoms with Crippen LogP contribution in [0.5, 0.6) is 11.5 Å². The average molecular weight is 380 g/mol. The lowest BCUT2D eigenvalue weighted by Crippen LogP contribution is -2.49. The molecule has 4 nitrogen and oxygen atoms in total. The van der Waals surface area contributed by atoms with Gasteiger partial charge in [-0.1, -0.05) is 30.7 Å². The molecule has 3 aliphatic carbocycles. The lowest BCUT2D eigenvalue weighted by Gasteiger charge is -2.46. The molecule has 0 aliphatic heterocycles. The standard InChI is InChI=1S/C24H28O4/c1-25-18-12-8-16(9-13-18)22-20-6-5-7-21(20)23(22,24(22,27-3)28-4)17-10-14-19(26-2)15-11-17/h8-15,20-21H,5-7H2,1-4H3/t20-,21+,22+,23-. The van der Waals surface area contributed by atoms with Crippen LogP contribution < -0.4 is 9.47 Å². The fourth-order valence-electron chi connectivity index (χ4n) is 7.22. The second-order valence-corrected chi connectivity index (χ2v) is 8.24. The zero-order valence-electron chi connectivity index (χ0n) is 17.0. The molecule has 0 spiro atoms. The van der Waals surface area contributed by atoms with E-state index < -0.39 is 5.79 Å². The van der Waals surface area contributed by atoms with Crippen LogP contribution >= 0.6 is 0 Å². The minimum Gasteiger partial charge on any atom is -0.497 e. The summed E-state index contributed by atoms with van der Waals surface area (Å²) < 4.78 is 23.3. The number of methoxy groups -OCH3 is 4. The zero-order chi connectivity index (χ0) is 19.6. The first kappa shape index (κ1) is 18.0. The van der Waals surface area contributed by atoms with Gasteiger partial charge in [0.25, 0.3) is 0 Å². The van der Waals surface area contributed by atoms with Gasteiger partial charge in [0, 0.05) is 14.2 Å². The molecule has 0 heterocycles. The molecule has 3 aliphatic rings. The van der Waals surface area contributed by atoms with Crippen LogP contribution in [0.2, 0.25) is 0 Å². The minimum atomic E-state index is -0.640. The summed E-state index contributed by atoms with van der Waals surface area (Å²) in [4.78, 5) is 0. The zero-order valence-corrected chi connectivity index (χ0v) is 17.0. The third-order valence-corrected chi connectivity index (χ3v) is 7.89. The largest absolute Gasteiger partial charge is 0.497 e. The van der Waals surface area contributed by atoms with E-state index in [2.05, 4.69) is 48.5 Å². The molecule has 3 saturated carbocycles. The Morgan fingerprint density at radius 3 is 1.36 bits per heavy atom. The van der Waals surface area contributed by atoms with Gasteiger partial charge in [0.15, 0.2) is 5.79 Å². The molecule has 0 aromatic heterocycles. The van der Waals surface area contributed by atoms with Crippen molar-refractivity contribution >= 4 is 0 Å². The number of ether oxygens (including phenoxy) is 4. The van der Waals surface area contributed by atoms with Crippen LogP contribution in [-0.2, 0) is 20.3 Å². The molecule has 0 unspecified atom stereocenters. The number of hydrogen-bond donors (Lipinski definition) is 0. The molecule has 148 valence electrons. The van der Waals surface area contributed by atoms with E-state index >= 15 is 0 Å². The Kier molecular flexibility index (Phi) is 3.85. The summed E-state index contributed by atoms with van der Waals surface area (Å²) in [5, 5.41) is 0. The Hall–Kier alpha value is -2.04. The van der Waals surface area contributed by atoms with Crippen molar-refractivity contribution in [2.45, 2.75) is 35.9 Å². The molecular weight excluding hydrogens is 352 g/mol. The molecule has 2 aromatic rings. The highest BCUT2D eigenvalue weighted by atomic mass is 16.7. The topological polar surface area (TPSA) is 36.9 Å². The van der Waals surface area contributed by atoms with Crippen LogP contribution in [0.25, 0.3) is 0 Å². The van der Waals surface area contributed by atoms with Crippen LogP contribution in [0, 0.1) is 11.8 Å². The fourth-order valence-corrected chi connectivity index (χ4v) is 7.22. The Morgan fingerprint density at radius 2 is 1.04 bits per heavy atom. The highest BCUT2D eigenvalue weighted by Gasteiger charge is 3.01. The first-order chi connectivity index (χ1) is 13.7. The van der Waals surface area contributed by atoms with Crippen LogP contribution in [0.15, 0.2) is 48.5 Å². The van der Waals surface area contributed by atoms with Crippen molar-refractivity contribution in [2.75, 3.05) is 28.4 Å². The predicted molar refractivity (Wildman–Crippen MR) is 107 cm³/mol. The van der Waals surface area contributed by atoms with E-state index in [9.17, 15) is 0 Å². The van der Waals surface area contributed by atoms with E-state index in [1.54, 1.807) is 28.4 Å². The van der Waals surface area contributed by atoms with Crippen molar-refractivity contribution < 1.29 is 18.9 Å². The second-order valence-electron chi connectivity index (χ2n) is 8.24. The molecule has 0 N–H and O–H groups in total. The number of benzene rings is 2. The Labute approximate surface area is 166 Å². The molecule has 0 amide bonds. The summed E-state index contributed by atoms with van der Waals surface area (Å²) in [7, 11) is 7.01. The highest BCUT2D eigenvalue weighted by molar-refractivity contribution is 5.66. The van der Waals surface area contributed by atoms with Crippen molar-refractivity contribution in [3.05, 3.63) is 59.7 Å². The van der Waals surface area contributed by atoms with Gasteiger partial charge in [0.05, 0.1) is 25.0 Å². The van der Waals surface area contributed by atoms with Gasteiger partial charge in [-0.2, -0.15) is 0 Å². The van der Waals surface area contributed by atoms with E-state index in [1.807, 2.05) is 0 Å². The molecule has 0 saturated heterocycles. The molecule has 5 rings (SSSR count). The molecule has 2 aromatic carbocycles. The number of rotatable bonds is 6. The van der Waals surface area contributed by atoms with Gasteiger partial charge in [-0.25, -0.2) is 0 Å². The van der Waals surface area contributed by atoms with Gasteiger partial charge in [-0.15, -0.1) is 0 Å². The van der Waals surface area contributed by atoms with E-state index in [4.69, 9.17) is 18.9 Å². The van der Waals surface area contributed by atoms with Crippen LogP contribution in [-0.4, -0.2) is 34.2 Å². The van der Waals surface area contributed by atoms with Gasteiger partial charge in [-0.05, 0) is 60.1 Å². The maximum atomic E-state index is 6.27. The maximum absolute atomic E-state index is 6.27. The van der Waals surface area contributed by atoms with E-state index in [0.29, 0.717) is 11.8 Å². The fraction of sp³-hybridized carbons (Fsp3) is 0.500. The van der Waals surface area contributed by atoms with E-state index in [-0.39, 0.29) is 10.8 Å². The predicted octanol–water partition coefficient (Wildman–Crippen LogP) is 4.31. The van der Waals surface area contributed by atoms with Crippen molar-refractivity contribution in [2.24, 2.45) is 11.8 Å². The van der Waals surface area contributed by atoms with Gasteiger partial charge >= 0.3 is 0 Å². The Bertz CT molecular complexity index is 801. The summed E-state index contributed by atoms with van der Waals surface area (Å²) in [6.45, 7) is 0. The van der Waals surface area contributed by atoms with E-state index in [0.717, 1.165) is 11.5 Å². The summed E-state index contributed by atoms with van der Waals surface area (Å²) in [6, 6.07) is 17.0. The molecule has 0 radical (unpaired) electrons. The second kappa shape index (κ2) is 5.98. The Morgan fingerprint density at radius 1 is 0.643 bits per heavy atom. The van der Waals surface area contributed by atoms with Crippen LogP contribution in [0.4, 0.5) is 0 Å². The molecule has 0 bridgehead atoms. The third-order valence-electron chi connectivity index (χ3n) is 7.89. The van der Waals surface area contributed by atoms with Gasteiger partial charge in [-0.3, -0.25) is 0 Å². The lowest BCUT2D eigenvalue weighted by atomic mass is 9.54. The van der Waals surface area contributed by atoms with Crippen LogP contribution in [0.3, 0.4) is 0 Å². The average Bonchev–Trinajstić information content (AvgIpc) is 2.96. The van der Waals surface area contributed by atoms with Gasteiger partial charge in [0.1, 0.15) is 11.5 Å². The first-order valence-corrected chi connectivity index (χ1v) is 10.1. The van der Waals surface area contributed by atoms with Crippen molar-refractivity contribution in [3.8, 4) is 11.5 Å². The Balaban J connectivity index is 1.72. The van der Waals surface area contributed by atoms with Crippen molar-refractivity contribution in [3.63, 3.8) is 0 Å². The summed E-state index contributed by atoms with van der Waals surface area (Å²) in [5.41, 5.74) is 2.25. The lowest BCUT2D eigenvalue weighted by molar-refractivity contribution is -0.152. The summed E-state index contributed by atoms with van der Waals surface area (Å²) in [5.74, 6) is 2.25. The number of hydrogen-bond acceptors (Lipinski definition) is 4. The molecular formula is C24H28O4. The molecule has 4 heteroatoms. The highest BCUT2D eigenvalue weighted by Crippen LogP contribution is 2.92. The summed E-state index contributed by atoms with van der Waals surface area (Å²) in [6.07, 6.45) is 3.72. The SMILES string of the molecule is COc1ccc([C@@]23[C@H]4CCC[C@H]4[C@]2(c2ccc(OC)cc2)C3(OC)OC)cc1. The van der Waals surface area contributed by atoms with E-state index in [1.165, 1.54) is 30.4 Å². The maximum Gasteiger partial charge on any atom is 0.189 e. The van der Waals surface area contributed by atoms with Gasteiger partial charge < -0.3 is 18.9 Å².